The maximum Gasteiger partial charge on any atom is 0.224 e. The molecule has 2 aromatic heterocycles. The molecule has 12 nitrogen and oxygen atoms in total. The van der Waals surface area contributed by atoms with Gasteiger partial charge < -0.3 is 25.9 Å². The number of carbonyl (C=O) groups excluding carboxylic acids is 5. The van der Waals surface area contributed by atoms with Gasteiger partial charge in [0.15, 0.2) is 11.6 Å². The summed E-state index contributed by atoms with van der Waals surface area (Å²) in [4.78, 5) is 80.7. The molecule has 5 N–H and O–H groups in total. The van der Waals surface area contributed by atoms with Crippen LogP contribution in [0.2, 0.25) is 0 Å². The number of rotatable bonds is 31. The molecular weight excluding hydrogens is 695 g/mol. The molecule has 3 amide bonds. The Morgan fingerprint density at radius 3 is 1.76 bits per heavy atom. The van der Waals surface area contributed by atoms with Crippen LogP contribution < -0.4 is 16.0 Å². The Labute approximate surface area is 330 Å². The van der Waals surface area contributed by atoms with Gasteiger partial charge in [0, 0.05) is 67.8 Å². The third-order valence-electron chi connectivity index (χ3n) is 9.91. The van der Waals surface area contributed by atoms with E-state index in [2.05, 4.69) is 55.0 Å². The number of unbranched alkanes of at least 4 members (excludes halogenated alkanes) is 11. The summed E-state index contributed by atoms with van der Waals surface area (Å²) in [5, 5.41) is 8.67. The van der Waals surface area contributed by atoms with Gasteiger partial charge in [-0.1, -0.05) is 91.2 Å². The maximum atomic E-state index is 13.6. The molecule has 12 heteroatoms. The summed E-state index contributed by atoms with van der Waals surface area (Å²) in [5.41, 5.74) is 1.44. The first-order valence-corrected chi connectivity index (χ1v) is 21.0. The standard InChI is InChI=1S/C43H71N7O5/c1-7-8-9-10-11-12-13-14-15-16-17-18-19-20-21-22-40(53)49-37(26-36-28-45-30-47-36)38(51)23-33(6)42(54)50-41(31(2)3)39(52)25-34(43(55)48-32(4)5)24-35-27-44-29-46-35/h14-15,27-34,37,41H,7-13,16-26H2,1-6H3,(H,44,46)(H,45,47)(H,48,55)(H,49,53)(H,50,54)/b15-14+/t33-,34-,37+,41+/m1/s1. The number of amides is 3. The smallest absolute Gasteiger partial charge is 0.224 e. The molecule has 0 aliphatic rings. The van der Waals surface area contributed by atoms with Gasteiger partial charge in [0.2, 0.25) is 17.7 Å². The van der Waals surface area contributed by atoms with E-state index in [0.29, 0.717) is 18.5 Å². The quantitative estimate of drug-likeness (QED) is 0.0396. The van der Waals surface area contributed by atoms with Gasteiger partial charge in [-0.05, 0) is 51.9 Å². The Balaban J connectivity index is 1.85. The molecule has 0 bridgehead atoms. The van der Waals surface area contributed by atoms with Crippen LogP contribution in [0, 0.1) is 17.8 Å². The molecule has 0 saturated carbocycles. The average Bonchev–Trinajstić information content (AvgIpc) is 3.86. The summed E-state index contributed by atoms with van der Waals surface area (Å²) < 4.78 is 0. The Bertz CT molecular complexity index is 1400. The molecule has 4 atom stereocenters. The van der Waals surface area contributed by atoms with Gasteiger partial charge in [-0.25, -0.2) is 9.97 Å². The predicted octanol–water partition coefficient (Wildman–Crippen LogP) is 7.28. The minimum absolute atomic E-state index is 0.0665. The van der Waals surface area contributed by atoms with E-state index in [0.717, 1.165) is 44.2 Å². The summed E-state index contributed by atoms with van der Waals surface area (Å²) in [6.45, 7) is 11.3. The molecule has 0 aliphatic carbocycles. The first kappa shape index (κ1) is 47.1. The summed E-state index contributed by atoms with van der Waals surface area (Å²) in [5.74, 6) is -3.04. The van der Waals surface area contributed by atoms with Gasteiger partial charge in [-0.3, -0.25) is 24.0 Å². The highest BCUT2D eigenvalue weighted by Gasteiger charge is 2.32. The van der Waals surface area contributed by atoms with E-state index >= 15 is 0 Å². The van der Waals surface area contributed by atoms with Crippen LogP contribution in [0.15, 0.2) is 37.2 Å². The van der Waals surface area contributed by atoms with Gasteiger partial charge >= 0.3 is 0 Å². The third-order valence-corrected chi connectivity index (χ3v) is 9.91. The van der Waals surface area contributed by atoms with Crippen LogP contribution in [-0.2, 0) is 36.8 Å². The number of hydrogen-bond acceptors (Lipinski definition) is 7. The maximum absolute atomic E-state index is 13.6. The molecule has 2 heterocycles. The molecule has 308 valence electrons. The molecule has 0 spiro atoms. The highest BCUT2D eigenvalue weighted by molar-refractivity contribution is 5.95. The number of allylic oxidation sites excluding steroid dienone is 2. The zero-order valence-electron chi connectivity index (χ0n) is 34.6. The molecule has 55 heavy (non-hydrogen) atoms. The second-order valence-corrected chi connectivity index (χ2v) is 15.8. The van der Waals surface area contributed by atoms with E-state index in [4.69, 9.17) is 0 Å². The van der Waals surface area contributed by atoms with Crippen LogP contribution in [0.3, 0.4) is 0 Å². The van der Waals surface area contributed by atoms with Gasteiger partial charge in [-0.2, -0.15) is 0 Å². The Morgan fingerprint density at radius 2 is 1.22 bits per heavy atom. The normalized spacial score (nSPS) is 13.8. The van der Waals surface area contributed by atoms with Crippen LogP contribution in [-0.4, -0.2) is 67.3 Å². The second-order valence-electron chi connectivity index (χ2n) is 15.8. The zero-order valence-corrected chi connectivity index (χ0v) is 34.6. The lowest BCUT2D eigenvalue weighted by atomic mass is 9.89. The lowest BCUT2D eigenvalue weighted by molar-refractivity contribution is -0.135. The number of aromatic amines is 2. The van der Waals surface area contributed by atoms with Crippen molar-refractivity contribution in [2.24, 2.45) is 17.8 Å². The van der Waals surface area contributed by atoms with E-state index < -0.39 is 29.8 Å². The SMILES string of the molecule is CCCCCCCC/C=C/CCCCCCCC(=O)N[C@@H](Cc1cnc[nH]1)C(=O)C[C@@H](C)C(=O)N[C@H](C(=O)C[C@@H](Cc1cnc[nH]1)C(=O)NC(C)C)C(C)C. The fourth-order valence-corrected chi connectivity index (χ4v) is 6.63. The number of H-pyrrole nitrogens is 2. The van der Waals surface area contributed by atoms with Crippen molar-refractivity contribution in [1.82, 2.24) is 35.9 Å². The number of Topliss-reactive ketones (excluding diaryl/α,β-unsaturated/α-hetero) is 2. The van der Waals surface area contributed by atoms with Crippen molar-refractivity contribution < 1.29 is 24.0 Å². The topological polar surface area (TPSA) is 179 Å². The minimum atomic E-state index is -0.840. The van der Waals surface area contributed by atoms with E-state index in [-0.39, 0.29) is 54.6 Å². The fraction of sp³-hybridized carbons (Fsp3) is 0.698. The molecule has 0 unspecified atom stereocenters. The molecule has 2 aromatic rings. The fourth-order valence-electron chi connectivity index (χ4n) is 6.63. The van der Waals surface area contributed by atoms with E-state index in [1.54, 1.807) is 19.3 Å². The van der Waals surface area contributed by atoms with Gasteiger partial charge in [0.05, 0.1) is 30.7 Å². The number of nitrogens with one attached hydrogen (secondary N) is 5. The van der Waals surface area contributed by atoms with Crippen molar-refractivity contribution in [3.05, 3.63) is 48.6 Å². The van der Waals surface area contributed by atoms with E-state index in [1.807, 2.05) is 27.7 Å². The van der Waals surface area contributed by atoms with Crippen molar-refractivity contribution in [2.75, 3.05) is 0 Å². The minimum Gasteiger partial charge on any atom is -0.354 e. The number of aromatic nitrogens is 4. The Kier molecular flexibility index (Phi) is 23.5. The number of ketones is 2. The van der Waals surface area contributed by atoms with Crippen LogP contribution in [0.25, 0.3) is 0 Å². The van der Waals surface area contributed by atoms with Gasteiger partial charge in [-0.15, -0.1) is 0 Å². The summed E-state index contributed by atoms with van der Waals surface area (Å²) >= 11 is 0. The lowest BCUT2D eigenvalue weighted by Crippen LogP contribution is -2.49. The lowest BCUT2D eigenvalue weighted by Gasteiger charge is -2.26. The van der Waals surface area contributed by atoms with Crippen molar-refractivity contribution in [1.29, 1.82) is 0 Å². The van der Waals surface area contributed by atoms with Crippen molar-refractivity contribution in [3.63, 3.8) is 0 Å². The monoisotopic (exact) mass is 766 g/mol. The Hall–Kier alpha value is -4.09. The van der Waals surface area contributed by atoms with Crippen molar-refractivity contribution in [3.8, 4) is 0 Å². The Morgan fingerprint density at radius 1 is 0.655 bits per heavy atom. The largest absolute Gasteiger partial charge is 0.354 e. The molecule has 0 aromatic carbocycles. The van der Waals surface area contributed by atoms with E-state index in [1.165, 1.54) is 57.6 Å². The predicted molar refractivity (Wildman–Crippen MR) is 218 cm³/mol. The first-order valence-electron chi connectivity index (χ1n) is 21.0. The molecule has 0 aliphatic heterocycles. The first-order chi connectivity index (χ1) is 26.4. The summed E-state index contributed by atoms with van der Waals surface area (Å²) in [7, 11) is 0. The van der Waals surface area contributed by atoms with Crippen LogP contribution in [0.1, 0.15) is 156 Å². The van der Waals surface area contributed by atoms with Crippen LogP contribution in [0.4, 0.5) is 0 Å². The highest BCUT2D eigenvalue weighted by Crippen LogP contribution is 2.18. The highest BCUT2D eigenvalue weighted by atomic mass is 16.2. The molecule has 0 saturated heterocycles. The van der Waals surface area contributed by atoms with Gasteiger partial charge in [0.1, 0.15) is 0 Å². The molecular formula is C43H71N7O5. The molecule has 2 rings (SSSR count). The summed E-state index contributed by atoms with van der Waals surface area (Å²) in [6, 6.07) is -1.76. The molecule has 0 fully saturated rings. The number of carbonyl (C=O) groups is 5. The summed E-state index contributed by atoms with van der Waals surface area (Å²) in [6.07, 6.45) is 26.9. The van der Waals surface area contributed by atoms with Gasteiger partial charge in [0.25, 0.3) is 0 Å². The third kappa shape index (κ3) is 20.4. The average molecular weight is 766 g/mol. The number of nitrogens with zero attached hydrogens (tertiary/aromatic N) is 2. The zero-order chi connectivity index (χ0) is 40.4. The number of imidazole rings is 2. The van der Waals surface area contributed by atoms with Crippen LogP contribution >= 0.6 is 0 Å². The number of hydrogen-bond donors (Lipinski definition) is 5. The van der Waals surface area contributed by atoms with E-state index in [9.17, 15) is 24.0 Å². The molecule has 0 radical (unpaired) electrons. The van der Waals surface area contributed by atoms with Crippen LogP contribution in [0.5, 0.6) is 0 Å². The second kappa shape index (κ2) is 27.5. The van der Waals surface area contributed by atoms with Crippen molar-refractivity contribution in [2.45, 2.75) is 175 Å². The van der Waals surface area contributed by atoms with Crippen molar-refractivity contribution >= 4 is 29.3 Å².